The molecule has 1 aliphatic heterocycles. The van der Waals surface area contributed by atoms with Gasteiger partial charge in [0.25, 0.3) is 0 Å². The molecule has 21 heavy (non-hydrogen) atoms. The third-order valence-corrected chi connectivity index (χ3v) is 3.54. The van der Waals surface area contributed by atoms with E-state index in [0.29, 0.717) is 18.8 Å². The minimum atomic E-state index is -0.255. The zero-order chi connectivity index (χ0) is 14.7. The number of hydrogen-bond donors (Lipinski definition) is 2. The van der Waals surface area contributed by atoms with Gasteiger partial charge in [0.05, 0.1) is 6.04 Å². The van der Waals surface area contributed by atoms with Crippen LogP contribution >= 0.6 is 0 Å². The van der Waals surface area contributed by atoms with E-state index < -0.39 is 0 Å². The Labute approximate surface area is 122 Å². The molecule has 3 N–H and O–H groups in total. The van der Waals surface area contributed by atoms with Gasteiger partial charge in [0.1, 0.15) is 18.5 Å². The van der Waals surface area contributed by atoms with Crippen molar-refractivity contribution in [2.24, 2.45) is 5.84 Å². The molecule has 5 heteroatoms. The molecule has 110 valence electrons. The molecule has 0 fully saturated rings. The van der Waals surface area contributed by atoms with Crippen molar-refractivity contribution < 1.29 is 13.9 Å². The highest BCUT2D eigenvalue weighted by atomic mass is 19.1. The molecule has 2 aromatic rings. The van der Waals surface area contributed by atoms with Crippen LogP contribution in [0, 0.1) is 5.82 Å². The number of ether oxygens (including phenoxy) is 2. The van der Waals surface area contributed by atoms with Gasteiger partial charge < -0.3 is 9.47 Å². The average molecular weight is 288 g/mol. The summed E-state index contributed by atoms with van der Waals surface area (Å²) >= 11 is 0. The number of benzene rings is 2. The molecule has 0 bridgehead atoms. The first-order valence-corrected chi connectivity index (χ1v) is 6.85. The number of halogens is 1. The lowest BCUT2D eigenvalue weighted by Gasteiger charge is -2.31. The van der Waals surface area contributed by atoms with Crippen LogP contribution < -0.4 is 20.7 Å². The number of nitrogens with one attached hydrogen (secondary N) is 1. The fraction of sp³-hybridized carbons (Fsp3) is 0.250. The summed E-state index contributed by atoms with van der Waals surface area (Å²) in [6, 6.07) is 13.8. The van der Waals surface area contributed by atoms with Crippen LogP contribution in [0.3, 0.4) is 0 Å². The van der Waals surface area contributed by atoms with Gasteiger partial charge in [-0.15, -0.1) is 0 Å². The van der Waals surface area contributed by atoms with Crippen LogP contribution in [-0.4, -0.2) is 18.8 Å². The molecule has 1 heterocycles. The van der Waals surface area contributed by atoms with Crippen LogP contribution in [0.25, 0.3) is 0 Å². The van der Waals surface area contributed by atoms with Crippen LogP contribution in [0.4, 0.5) is 4.39 Å². The smallest absolute Gasteiger partial charge is 0.161 e. The number of nitrogens with two attached hydrogens (primary N) is 1. The Morgan fingerprint density at radius 3 is 2.76 bits per heavy atom. The highest BCUT2D eigenvalue weighted by molar-refractivity contribution is 5.40. The highest BCUT2D eigenvalue weighted by Gasteiger charge is 2.28. The summed E-state index contributed by atoms with van der Waals surface area (Å²) < 4.78 is 24.9. The zero-order valence-corrected chi connectivity index (χ0v) is 11.5. The molecule has 2 atom stereocenters. The molecule has 0 aromatic heterocycles. The molecule has 2 unspecified atom stereocenters. The SMILES string of the molecule is NNC(Cc1cccc(F)c1)C1COc2ccccc2O1. The normalized spacial score (nSPS) is 18.3. The molecule has 1 aliphatic rings. The third-order valence-electron chi connectivity index (χ3n) is 3.54. The monoisotopic (exact) mass is 288 g/mol. The number of rotatable bonds is 4. The van der Waals surface area contributed by atoms with Crippen LogP contribution in [0.5, 0.6) is 11.5 Å². The Balaban J connectivity index is 1.73. The van der Waals surface area contributed by atoms with E-state index in [4.69, 9.17) is 15.3 Å². The second-order valence-electron chi connectivity index (χ2n) is 5.02. The van der Waals surface area contributed by atoms with Crippen molar-refractivity contribution in [1.29, 1.82) is 0 Å². The molecule has 0 saturated carbocycles. The molecule has 0 spiro atoms. The van der Waals surface area contributed by atoms with Gasteiger partial charge in [-0.25, -0.2) is 4.39 Å². The summed E-state index contributed by atoms with van der Waals surface area (Å²) in [5.41, 5.74) is 3.60. The zero-order valence-electron chi connectivity index (χ0n) is 11.5. The minimum absolute atomic E-state index is 0.167. The van der Waals surface area contributed by atoms with E-state index in [1.54, 1.807) is 6.07 Å². The lowest BCUT2D eigenvalue weighted by molar-refractivity contribution is 0.0619. The fourth-order valence-electron chi connectivity index (χ4n) is 2.45. The van der Waals surface area contributed by atoms with Crippen molar-refractivity contribution in [2.45, 2.75) is 18.6 Å². The van der Waals surface area contributed by atoms with Crippen molar-refractivity contribution in [2.75, 3.05) is 6.61 Å². The maximum Gasteiger partial charge on any atom is 0.161 e. The Kier molecular flexibility index (Phi) is 4.03. The average Bonchev–Trinajstić information content (AvgIpc) is 2.52. The standard InChI is InChI=1S/C16H17FN2O2/c17-12-5-3-4-11(8-12)9-13(19-18)16-10-20-14-6-1-2-7-15(14)21-16/h1-8,13,16,19H,9-10,18H2. The summed E-state index contributed by atoms with van der Waals surface area (Å²) in [7, 11) is 0. The summed E-state index contributed by atoms with van der Waals surface area (Å²) in [4.78, 5) is 0. The summed E-state index contributed by atoms with van der Waals surface area (Å²) in [6.07, 6.45) is 0.331. The molecular formula is C16H17FN2O2. The van der Waals surface area contributed by atoms with Gasteiger partial charge >= 0.3 is 0 Å². The molecule has 3 rings (SSSR count). The van der Waals surface area contributed by atoms with E-state index >= 15 is 0 Å². The summed E-state index contributed by atoms with van der Waals surface area (Å²) in [5, 5.41) is 0. The van der Waals surface area contributed by atoms with Crippen LogP contribution in [0.15, 0.2) is 48.5 Å². The van der Waals surface area contributed by atoms with E-state index in [0.717, 1.165) is 11.3 Å². The maximum atomic E-state index is 13.3. The first-order valence-electron chi connectivity index (χ1n) is 6.85. The Bertz CT molecular complexity index is 621. The summed E-state index contributed by atoms with van der Waals surface area (Å²) in [5.74, 6) is 6.81. The van der Waals surface area contributed by atoms with Crippen molar-refractivity contribution in [1.82, 2.24) is 5.43 Å². The Morgan fingerprint density at radius 1 is 1.19 bits per heavy atom. The van der Waals surface area contributed by atoms with Gasteiger partial charge in [0.2, 0.25) is 0 Å². The first-order chi connectivity index (χ1) is 10.3. The number of hydrazine groups is 1. The number of para-hydroxylation sites is 2. The van der Waals surface area contributed by atoms with Crippen molar-refractivity contribution in [3.05, 3.63) is 59.9 Å². The topological polar surface area (TPSA) is 56.5 Å². The lowest BCUT2D eigenvalue weighted by Crippen LogP contribution is -2.51. The van der Waals surface area contributed by atoms with Gasteiger partial charge in [0.15, 0.2) is 11.5 Å². The van der Waals surface area contributed by atoms with Crippen molar-refractivity contribution in [3.8, 4) is 11.5 Å². The highest BCUT2D eigenvalue weighted by Crippen LogP contribution is 2.31. The molecule has 2 aromatic carbocycles. The molecule has 4 nitrogen and oxygen atoms in total. The van der Waals surface area contributed by atoms with E-state index in [1.807, 2.05) is 30.3 Å². The molecule has 0 aliphatic carbocycles. The molecular weight excluding hydrogens is 271 g/mol. The van der Waals surface area contributed by atoms with Crippen LogP contribution in [-0.2, 0) is 6.42 Å². The largest absolute Gasteiger partial charge is 0.486 e. The second-order valence-corrected chi connectivity index (χ2v) is 5.02. The van der Waals surface area contributed by atoms with E-state index in [9.17, 15) is 4.39 Å². The lowest BCUT2D eigenvalue weighted by atomic mass is 10.0. The van der Waals surface area contributed by atoms with Crippen molar-refractivity contribution in [3.63, 3.8) is 0 Å². The second kappa shape index (κ2) is 6.11. The molecule has 0 radical (unpaired) electrons. The van der Waals surface area contributed by atoms with E-state index in [-0.39, 0.29) is 18.0 Å². The maximum absolute atomic E-state index is 13.3. The predicted molar refractivity (Wildman–Crippen MR) is 77.6 cm³/mol. The summed E-state index contributed by atoms with van der Waals surface area (Å²) in [6.45, 7) is 0.404. The number of hydrogen-bond acceptors (Lipinski definition) is 4. The molecule has 0 amide bonds. The van der Waals surface area contributed by atoms with Gasteiger partial charge in [-0.05, 0) is 36.2 Å². The predicted octanol–water partition coefficient (Wildman–Crippen LogP) is 2.04. The Hall–Kier alpha value is -2.11. The van der Waals surface area contributed by atoms with Gasteiger partial charge in [-0.1, -0.05) is 24.3 Å². The quantitative estimate of drug-likeness (QED) is 0.668. The third kappa shape index (κ3) is 3.15. The van der Waals surface area contributed by atoms with Gasteiger partial charge in [-0.3, -0.25) is 11.3 Å². The van der Waals surface area contributed by atoms with E-state index in [2.05, 4.69) is 5.43 Å². The van der Waals surface area contributed by atoms with Crippen LogP contribution in [0.2, 0.25) is 0 Å². The Morgan fingerprint density at radius 2 is 2.00 bits per heavy atom. The number of fused-ring (bicyclic) bond motifs is 1. The van der Waals surface area contributed by atoms with Crippen molar-refractivity contribution >= 4 is 0 Å². The fourth-order valence-corrected chi connectivity index (χ4v) is 2.45. The van der Waals surface area contributed by atoms with E-state index in [1.165, 1.54) is 12.1 Å². The van der Waals surface area contributed by atoms with Gasteiger partial charge in [-0.2, -0.15) is 0 Å². The van der Waals surface area contributed by atoms with Gasteiger partial charge in [0, 0.05) is 0 Å². The van der Waals surface area contributed by atoms with Crippen LogP contribution in [0.1, 0.15) is 5.56 Å². The first kappa shape index (κ1) is 13.9. The minimum Gasteiger partial charge on any atom is -0.486 e. The molecule has 0 saturated heterocycles.